The monoisotopic (exact) mass is 525 g/mol. The van der Waals surface area contributed by atoms with E-state index < -0.39 is 28.0 Å². The van der Waals surface area contributed by atoms with Crippen molar-refractivity contribution in [1.29, 1.82) is 0 Å². The second kappa shape index (κ2) is 10.4. The lowest BCUT2D eigenvalue weighted by Gasteiger charge is -2.13. The molecule has 0 saturated carbocycles. The smallest absolute Gasteiger partial charge is 0.404 e. The lowest BCUT2D eigenvalue weighted by atomic mass is 10.0. The van der Waals surface area contributed by atoms with Crippen molar-refractivity contribution in [3.05, 3.63) is 41.4 Å². The van der Waals surface area contributed by atoms with E-state index in [1.165, 1.54) is 12.3 Å². The van der Waals surface area contributed by atoms with Gasteiger partial charge in [-0.2, -0.15) is 5.10 Å². The number of benzene rings is 1. The minimum atomic E-state index is -3.71. The summed E-state index contributed by atoms with van der Waals surface area (Å²) in [5.41, 5.74) is 1.32. The molecule has 0 radical (unpaired) electrons. The molecule has 4 N–H and O–H groups in total. The minimum absolute atomic E-state index is 0.0203. The Bertz CT molecular complexity index is 1350. The summed E-state index contributed by atoms with van der Waals surface area (Å²) in [7, 11) is -3.71. The summed E-state index contributed by atoms with van der Waals surface area (Å²) >= 11 is 6.48. The van der Waals surface area contributed by atoms with Gasteiger partial charge in [-0.05, 0) is 39.0 Å². The van der Waals surface area contributed by atoms with E-state index in [0.29, 0.717) is 17.0 Å². The highest BCUT2D eigenvalue weighted by atomic mass is 35.5. The number of halogens is 2. The van der Waals surface area contributed by atoms with Crippen LogP contribution in [0.3, 0.4) is 0 Å². The highest BCUT2D eigenvalue weighted by molar-refractivity contribution is 7.92. The first kappa shape index (κ1) is 26.2. The summed E-state index contributed by atoms with van der Waals surface area (Å²) in [6, 6.07) is 3.35. The molecule has 14 heteroatoms. The van der Waals surface area contributed by atoms with Crippen molar-refractivity contribution in [2.24, 2.45) is 0 Å². The third-order valence-corrected chi connectivity index (χ3v) is 5.71. The zero-order chi connectivity index (χ0) is 25.9. The van der Waals surface area contributed by atoms with Crippen LogP contribution in [0.4, 0.5) is 20.8 Å². The van der Waals surface area contributed by atoms with E-state index in [1.54, 1.807) is 23.9 Å². The van der Waals surface area contributed by atoms with Crippen LogP contribution in [-0.4, -0.2) is 58.2 Å². The lowest BCUT2D eigenvalue weighted by molar-refractivity contribution is 0.191. The number of aromatic nitrogens is 4. The van der Waals surface area contributed by atoms with Gasteiger partial charge in [0.25, 0.3) is 0 Å². The van der Waals surface area contributed by atoms with Crippen LogP contribution in [-0.2, 0) is 10.0 Å². The summed E-state index contributed by atoms with van der Waals surface area (Å²) in [5.74, 6) is -0.458. The number of sulfonamides is 1. The average molecular weight is 526 g/mol. The Morgan fingerprint density at radius 3 is 2.60 bits per heavy atom. The van der Waals surface area contributed by atoms with Crippen LogP contribution in [0.15, 0.2) is 30.6 Å². The summed E-state index contributed by atoms with van der Waals surface area (Å²) in [4.78, 5) is 19.4. The summed E-state index contributed by atoms with van der Waals surface area (Å²) in [6.07, 6.45) is 3.04. The number of anilines is 2. The van der Waals surface area contributed by atoms with E-state index in [-0.39, 0.29) is 34.8 Å². The van der Waals surface area contributed by atoms with Crippen LogP contribution in [0.5, 0.6) is 0 Å². The topological polar surface area (TPSA) is 151 Å². The highest BCUT2D eigenvalue weighted by Crippen LogP contribution is 2.39. The van der Waals surface area contributed by atoms with E-state index in [0.717, 1.165) is 12.3 Å². The molecule has 0 saturated heterocycles. The molecule has 1 amide bonds. The number of carbonyl (C=O) groups is 1. The zero-order valence-corrected chi connectivity index (χ0v) is 20.9. The number of amides is 1. The molecule has 1 atom stereocenters. The van der Waals surface area contributed by atoms with Crippen LogP contribution < -0.4 is 15.4 Å². The van der Waals surface area contributed by atoms with Crippen LogP contribution in [0, 0.1) is 5.82 Å². The Kier molecular flexibility index (Phi) is 7.80. The van der Waals surface area contributed by atoms with Gasteiger partial charge in [0, 0.05) is 42.1 Å². The first-order valence-electron chi connectivity index (χ1n) is 10.5. The van der Waals surface area contributed by atoms with Gasteiger partial charge < -0.3 is 15.7 Å². The largest absolute Gasteiger partial charge is 0.465 e. The van der Waals surface area contributed by atoms with E-state index in [4.69, 9.17) is 16.7 Å². The summed E-state index contributed by atoms with van der Waals surface area (Å²) in [5, 5.41) is 18.7. The molecule has 0 bridgehead atoms. The first-order chi connectivity index (χ1) is 16.3. The van der Waals surface area contributed by atoms with Crippen LogP contribution in [0.2, 0.25) is 5.02 Å². The normalized spacial score (nSPS) is 12.4. The molecule has 2 aromatic heterocycles. The van der Waals surface area contributed by atoms with E-state index >= 15 is 0 Å². The maximum atomic E-state index is 14.5. The quantitative estimate of drug-likeness (QED) is 0.329. The molecule has 0 fully saturated rings. The number of hydrogen-bond donors (Lipinski definition) is 4. The van der Waals surface area contributed by atoms with E-state index in [2.05, 4.69) is 30.4 Å². The predicted molar refractivity (Wildman–Crippen MR) is 132 cm³/mol. The molecule has 0 aliphatic rings. The van der Waals surface area contributed by atoms with Crippen molar-refractivity contribution in [3.63, 3.8) is 0 Å². The Morgan fingerprint density at radius 2 is 1.97 bits per heavy atom. The van der Waals surface area contributed by atoms with Gasteiger partial charge in [-0.3, -0.25) is 9.40 Å². The standard InChI is InChI=1S/C21H25ClFN7O4S/c1-11(2)30-10-15(16-5-6-24-20(27-16)25-9-12(3)26-21(31)32)19(28-30)14-7-13(23)8-17(18(14)22)29-35(4,33)34/h5-8,10-12,26,29H,9H2,1-4H3,(H,31,32)(H,24,25,27). The molecule has 3 aromatic rings. The SMILES string of the molecule is CC(CNc1nccc(-c2cn(C(C)C)nc2-c2cc(F)cc(NS(C)(=O)=O)c2Cl)n1)NC(=O)O. The van der Waals surface area contributed by atoms with Crippen LogP contribution in [0.25, 0.3) is 22.5 Å². The first-order valence-corrected chi connectivity index (χ1v) is 12.7. The number of nitrogens with one attached hydrogen (secondary N) is 3. The number of hydrogen-bond acceptors (Lipinski definition) is 7. The average Bonchev–Trinajstić information content (AvgIpc) is 3.19. The third kappa shape index (κ3) is 6.79. The maximum Gasteiger partial charge on any atom is 0.404 e. The number of nitrogens with zero attached hydrogens (tertiary/aromatic N) is 4. The van der Waals surface area contributed by atoms with Gasteiger partial charge in [0.1, 0.15) is 11.5 Å². The molecule has 11 nitrogen and oxygen atoms in total. The molecule has 0 spiro atoms. The van der Waals surface area contributed by atoms with Crippen LogP contribution >= 0.6 is 11.6 Å². The van der Waals surface area contributed by atoms with E-state index in [1.807, 2.05) is 13.8 Å². The molecular formula is C21H25ClFN7O4S. The number of carboxylic acid groups (broad SMARTS) is 1. The zero-order valence-electron chi connectivity index (χ0n) is 19.4. The Balaban J connectivity index is 2.06. The fraction of sp³-hybridized carbons (Fsp3) is 0.333. The highest BCUT2D eigenvalue weighted by Gasteiger charge is 2.22. The Morgan fingerprint density at radius 1 is 1.26 bits per heavy atom. The Labute approximate surface area is 206 Å². The predicted octanol–water partition coefficient (Wildman–Crippen LogP) is 3.82. The van der Waals surface area contributed by atoms with Gasteiger partial charge in [-0.1, -0.05) is 11.6 Å². The van der Waals surface area contributed by atoms with Crippen molar-refractivity contribution in [2.45, 2.75) is 32.9 Å². The fourth-order valence-corrected chi connectivity index (χ4v) is 4.04. The second-order valence-corrected chi connectivity index (χ2v) is 10.3. The molecule has 0 aliphatic carbocycles. The molecule has 1 unspecified atom stereocenters. The molecule has 35 heavy (non-hydrogen) atoms. The van der Waals surface area contributed by atoms with Gasteiger partial charge in [0.05, 0.1) is 22.7 Å². The van der Waals surface area contributed by atoms with E-state index in [9.17, 15) is 17.6 Å². The maximum absolute atomic E-state index is 14.5. The molecular weight excluding hydrogens is 501 g/mol. The summed E-state index contributed by atoms with van der Waals surface area (Å²) < 4.78 is 41.8. The molecule has 0 aliphatic heterocycles. The van der Waals surface area contributed by atoms with Gasteiger partial charge in [0.15, 0.2) is 0 Å². The fourth-order valence-electron chi connectivity index (χ4n) is 3.18. The van der Waals surface area contributed by atoms with Crippen molar-refractivity contribution in [3.8, 4) is 22.5 Å². The molecule has 188 valence electrons. The van der Waals surface area contributed by atoms with Crippen LogP contribution in [0.1, 0.15) is 26.8 Å². The van der Waals surface area contributed by atoms with Gasteiger partial charge >= 0.3 is 6.09 Å². The summed E-state index contributed by atoms with van der Waals surface area (Å²) in [6.45, 7) is 5.75. The second-order valence-electron chi connectivity index (χ2n) is 8.15. The molecule has 1 aromatic carbocycles. The lowest BCUT2D eigenvalue weighted by Crippen LogP contribution is -2.36. The van der Waals surface area contributed by atoms with Crippen molar-refractivity contribution in [2.75, 3.05) is 22.8 Å². The van der Waals surface area contributed by atoms with Crippen molar-refractivity contribution < 1.29 is 22.7 Å². The minimum Gasteiger partial charge on any atom is -0.465 e. The molecule has 2 heterocycles. The van der Waals surface area contributed by atoms with Crippen molar-refractivity contribution in [1.82, 2.24) is 25.1 Å². The van der Waals surface area contributed by atoms with Crippen molar-refractivity contribution >= 4 is 39.4 Å². The van der Waals surface area contributed by atoms with Gasteiger partial charge in [0.2, 0.25) is 16.0 Å². The Hall–Kier alpha value is -3.45. The van der Waals surface area contributed by atoms with Gasteiger partial charge in [-0.25, -0.2) is 27.6 Å². The van der Waals surface area contributed by atoms with Gasteiger partial charge in [-0.15, -0.1) is 0 Å². The third-order valence-electron chi connectivity index (χ3n) is 4.72. The number of rotatable bonds is 9. The molecule has 3 rings (SSSR count).